The summed E-state index contributed by atoms with van der Waals surface area (Å²) in [5.41, 5.74) is 6.94. The summed E-state index contributed by atoms with van der Waals surface area (Å²) in [5, 5.41) is 12.1. The smallest absolute Gasteiger partial charge is 1.00 e. The molecule has 0 spiro atoms. The standard InChI is InChI=1S/C22H23N3O3.C16H11ClN2O2.C6H13NO.CH2O3.2K.H/c1-27-14-17-9-6-12-25(17)21-20(15-7-4-3-5-8-15)23-18-11-10-16(22(26)28-2)13-19(18)24-21;1-21-16(20)11-7-8-12-13(9-11)19-15(17)14(18-12)10-5-3-2-4-6-10;1-8-5-6-3-2-4-7-6;2-1-4-3;;;/h3-5,7-8,10-11,13,17H,6,9,12,14H2,1-2H3;2-9H,1H3;6-7H,2-5H2,1H3;1,3H;;;/q;;;;2*+1;-1/p-1/t17-;;6-;;;;/m1.1..../s1. The van der Waals surface area contributed by atoms with Gasteiger partial charge in [0.1, 0.15) is 11.4 Å². The molecule has 0 saturated carbocycles. The van der Waals surface area contributed by atoms with Crippen LogP contribution < -0.4 is 118 Å². The normalized spacial score (nSPS) is 14.9. The summed E-state index contributed by atoms with van der Waals surface area (Å²) in [7, 11) is 6.19. The van der Waals surface area contributed by atoms with Crippen LogP contribution in [0.15, 0.2) is 97.1 Å². The van der Waals surface area contributed by atoms with Crippen LogP contribution in [0.1, 0.15) is 47.8 Å². The van der Waals surface area contributed by atoms with Crippen LogP contribution in [0.25, 0.3) is 44.6 Å². The number of benzene rings is 4. The van der Waals surface area contributed by atoms with Gasteiger partial charge in [-0.05, 0) is 68.6 Å². The van der Waals surface area contributed by atoms with Gasteiger partial charge < -0.3 is 40.7 Å². The number of aromatic nitrogens is 4. The molecule has 8 rings (SSSR count). The van der Waals surface area contributed by atoms with Crippen molar-refractivity contribution in [3.63, 3.8) is 0 Å². The van der Waals surface area contributed by atoms with Gasteiger partial charge in [-0.2, -0.15) is 0 Å². The van der Waals surface area contributed by atoms with Crippen molar-refractivity contribution in [1.82, 2.24) is 25.3 Å². The summed E-state index contributed by atoms with van der Waals surface area (Å²) >= 11 is 6.21. The van der Waals surface area contributed by atoms with Crippen LogP contribution in [0.3, 0.4) is 0 Å². The molecular formula is C45H49ClK2N6O9. The van der Waals surface area contributed by atoms with E-state index in [1.54, 1.807) is 44.6 Å². The molecule has 1 N–H and O–H groups in total. The Hall–Kier alpha value is -2.83. The maximum absolute atomic E-state index is 11.9. The molecular weight excluding hydrogens is 882 g/mol. The number of nitrogens with zero attached hydrogens (tertiary/aromatic N) is 5. The zero-order chi connectivity index (χ0) is 43.6. The summed E-state index contributed by atoms with van der Waals surface area (Å²) in [6.07, 6.45) is 4.75. The Morgan fingerprint density at radius 2 is 1.25 bits per heavy atom. The van der Waals surface area contributed by atoms with E-state index in [0.29, 0.717) is 51.2 Å². The first-order valence-electron chi connectivity index (χ1n) is 19.5. The van der Waals surface area contributed by atoms with E-state index < -0.39 is 5.97 Å². The van der Waals surface area contributed by atoms with Crippen LogP contribution in [-0.2, 0) is 28.6 Å². The Morgan fingerprint density at radius 1 is 0.730 bits per heavy atom. The SMILES string of the molecule is COC(=O)c1ccc2nc(-c3ccccc3)c(Cl)nc2c1.COC[C@H]1CCCN1.COC[C@H]1CCCN1c1nc2cc(C(=O)OC)ccc2nc1-c1ccccc1.O=CO[O-].[H-].[K+].[K+]. The number of nitrogens with one attached hydrogen (secondary N) is 1. The van der Waals surface area contributed by atoms with E-state index in [-0.39, 0.29) is 123 Å². The van der Waals surface area contributed by atoms with Crippen LogP contribution in [-0.4, -0.2) is 105 Å². The zero-order valence-corrected chi connectivity index (χ0v) is 43.4. The summed E-state index contributed by atoms with van der Waals surface area (Å²) in [6, 6.07) is 30.9. The first-order chi connectivity index (χ1) is 29.7. The molecule has 0 bridgehead atoms. The van der Waals surface area contributed by atoms with Crippen LogP contribution in [0, 0.1) is 0 Å². The van der Waals surface area contributed by atoms with Crippen molar-refractivity contribution in [3.8, 4) is 22.5 Å². The fraction of sp³-hybridized carbons (Fsp3) is 0.311. The second kappa shape index (κ2) is 28.9. The molecule has 15 nitrogen and oxygen atoms in total. The van der Waals surface area contributed by atoms with Gasteiger partial charge in [-0.15, -0.1) is 0 Å². The third-order valence-corrected chi connectivity index (χ3v) is 10.0. The first kappa shape index (κ1) is 54.5. The zero-order valence-electron chi connectivity index (χ0n) is 37.4. The van der Waals surface area contributed by atoms with E-state index in [9.17, 15) is 9.59 Å². The molecule has 2 aliphatic rings. The van der Waals surface area contributed by atoms with Crippen LogP contribution in [0.5, 0.6) is 0 Å². The molecule has 2 atom stereocenters. The number of fused-ring (bicyclic) bond motifs is 2. The van der Waals surface area contributed by atoms with Gasteiger partial charge in [-0.3, -0.25) is 4.79 Å². The summed E-state index contributed by atoms with van der Waals surface area (Å²) in [5.74, 6) is 0.0399. The average molecular weight is 932 g/mol. The monoisotopic (exact) mass is 930 g/mol. The Bertz CT molecular complexity index is 2370. The van der Waals surface area contributed by atoms with Crippen molar-refractivity contribution in [1.29, 1.82) is 0 Å². The van der Waals surface area contributed by atoms with Gasteiger partial charge in [-0.1, -0.05) is 72.3 Å². The third kappa shape index (κ3) is 15.6. The molecule has 322 valence electrons. The Kier molecular flexibility index (Phi) is 25.0. The van der Waals surface area contributed by atoms with Crippen molar-refractivity contribution in [2.45, 2.75) is 37.8 Å². The second-order valence-corrected chi connectivity index (χ2v) is 14.1. The minimum atomic E-state index is -0.415. The minimum Gasteiger partial charge on any atom is -1.00 e. The predicted molar refractivity (Wildman–Crippen MR) is 231 cm³/mol. The number of rotatable bonds is 10. The molecule has 2 saturated heterocycles. The minimum absolute atomic E-state index is 0. The number of methoxy groups -OCH3 is 4. The number of esters is 2. The number of carbonyl (C=O) groups excluding carboxylic acids is 3. The maximum atomic E-state index is 11.9. The topological polar surface area (TPSA) is 187 Å². The molecule has 4 heterocycles. The Labute approximate surface area is 458 Å². The van der Waals surface area contributed by atoms with Crippen molar-refractivity contribution in [3.05, 3.63) is 113 Å². The molecule has 6 aromatic rings. The summed E-state index contributed by atoms with van der Waals surface area (Å²) < 4.78 is 19.9. The maximum Gasteiger partial charge on any atom is 1.00 e. The van der Waals surface area contributed by atoms with Gasteiger partial charge in [-0.25, -0.2) is 29.5 Å². The average Bonchev–Trinajstić information content (AvgIpc) is 4.01. The number of hydrogen-bond acceptors (Lipinski definition) is 15. The van der Waals surface area contributed by atoms with Crippen molar-refractivity contribution in [2.24, 2.45) is 0 Å². The summed E-state index contributed by atoms with van der Waals surface area (Å²) in [4.78, 5) is 55.7. The van der Waals surface area contributed by atoms with Gasteiger partial charge in [0.2, 0.25) is 0 Å². The fourth-order valence-corrected chi connectivity index (χ4v) is 7.16. The second-order valence-electron chi connectivity index (χ2n) is 13.8. The molecule has 63 heavy (non-hydrogen) atoms. The van der Waals surface area contributed by atoms with Crippen LogP contribution >= 0.6 is 11.6 Å². The number of anilines is 1. The fourth-order valence-electron chi connectivity index (χ4n) is 6.92. The molecule has 0 aliphatic carbocycles. The van der Waals surface area contributed by atoms with Gasteiger partial charge in [0, 0.05) is 37.9 Å². The van der Waals surface area contributed by atoms with Crippen LogP contribution in [0.2, 0.25) is 5.15 Å². The van der Waals surface area contributed by atoms with E-state index in [1.165, 1.54) is 33.6 Å². The molecule has 2 fully saturated rings. The number of carbonyl (C=O) groups is 3. The quantitative estimate of drug-likeness (QED) is 0.0653. The molecule has 0 radical (unpaired) electrons. The third-order valence-electron chi connectivity index (χ3n) is 9.78. The molecule has 2 aliphatic heterocycles. The molecule has 2 aromatic heterocycles. The predicted octanol–water partition coefficient (Wildman–Crippen LogP) is 0.375. The van der Waals surface area contributed by atoms with Crippen molar-refractivity contribution >= 4 is 57.9 Å². The van der Waals surface area contributed by atoms with Gasteiger partial charge >= 0.3 is 115 Å². The largest absolute Gasteiger partial charge is 1.00 e. The van der Waals surface area contributed by atoms with E-state index in [0.717, 1.165) is 54.1 Å². The molecule has 0 unspecified atom stereocenters. The van der Waals surface area contributed by atoms with Gasteiger partial charge in [0.05, 0.1) is 66.7 Å². The van der Waals surface area contributed by atoms with E-state index in [1.807, 2.05) is 66.7 Å². The molecule has 0 amide bonds. The first-order valence-corrected chi connectivity index (χ1v) is 19.9. The van der Waals surface area contributed by atoms with E-state index in [2.05, 4.69) is 29.8 Å². The van der Waals surface area contributed by atoms with E-state index >= 15 is 0 Å². The Morgan fingerprint density at radius 3 is 1.75 bits per heavy atom. The van der Waals surface area contributed by atoms with Gasteiger partial charge in [0.15, 0.2) is 11.0 Å². The molecule has 4 aromatic carbocycles. The van der Waals surface area contributed by atoms with Gasteiger partial charge in [0.25, 0.3) is 6.47 Å². The number of halogens is 1. The van der Waals surface area contributed by atoms with Crippen LogP contribution in [0.4, 0.5) is 5.82 Å². The van der Waals surface area contributed by atoms with E-state index in [4.69, 9.17) is 45.8 Å². The summed E-state index contributed by atoms with van der Waals surface area (Å²) in [6.45, 7) is 3.43. The van der Waals surface area contributed by atoms with Crippen molar-refractivity contribution < 1.29 is 148 Å². The molecule has 18 heteroatoms. The number of ether oxygens (including phenoxy) is 4. The van der Waals surface area contributed by atoms with Crippen molar-refractivity contribution in [2.75, 3.05) is 59.6 Å². The number of hydrogen-bond donors (Lipinski definition) is 1. The Balaban J connectivity index is 0.000000344.